The molecule has 0 heterocycles. The molecule has 33 heavy (non-hydrogen) atoms. The van der Waals surface area contributed by atoms with Crippen molar-refractivity contribution in [2.24, 2.45) is 9.98 Å². The first-order chi connectivity index (χ1) is 15.9. The maximum absolute atomic E-state index is 5.42. The monoisotopic (exact) mass is 430 g/mol. The average molecular weight is 431 g/mol. The summed E-state index contributed by atoms with van der Waals surface area (Å²) in [5.41, 5.74) is 10.1. The molecule has 0 bridgehead atoms. The standard InChI is InChI=1S/C31H30N2/c1-19(2)24-11-8-12-25(20(3)4)29(24)33-31-27-14-7-10-22-9-6-13-26(28(22)27)30(31)32-23-17-15-21(5)16-18-23/h6-20H,1-5H3/b32-30+,33-31+. The van der Waals surface area contributed by atoms with Gasteiger partial charge in [-0.1, -0.05) is 100.0 Å². The minimum Gasteiger partial charge on any atom is -0.246 e. The number of rotatable bonds is 4. The Labute approximate surface area is 196 Å². The summed E-state index contributed by atoms with van der Waals surface area (Å²) in [6.45, 7) is 11.1. The van der Waals surface area contributed by atoms with Gasteiger partial charge in [0.1, 0.15) is 0 Å². The van der Waals surface area contributed by atoms with Crippen molar-refractivity contribution in [1.29, 1.82) is 0 Å². The van der Waals surface area contributed by atoms with Gasteiger partial charge in [-0.05, 0) is 47.4 Å². The molecule has 2 nitrogen and oxygen atoms in total. The van der Waals surface area contributed by atoms with Crippen LogP contribution in [0.1, 0.15) is 67.3 Å². The van der Waals surface area contributed by atoms with Gasteiger partial charge in [-0.15, -0.1) is 0 Å². The first-order valence-corrected chi connectivity index (χ1v) is 11.8. The summed E-state index contributed by atoms with van der Waals surface area (Å²) < 4.78 is 0. The quantitative estimate of drug-likeness (QED) is 0.309. The number of nitrogens with zero attached hydrogens (tertiary/aromatic N) is 2. The number of hydrogen-bond donors (Lipinski definition) is 0. The van der Waals surface area contributed by atoms with E-state index >= 15 is 0 Å². The van der Waals surface area contributed by atoms with Crippen LogP contribution in [0.5, 0.6) is 0 Å². The molecule has 0 amide bonds. The molecule has 0 radical (unpaired) electrons. The SMILES string of the molecule is Cc1ccc(/N=C2/C(=N/c3c(C(C)C)cccc3C(C)C)c3cccc4cccc2c34)cc1. The zero-order valence-corrected chi connectivity index (χ0v) is 20.1. The van der Waals surface area contributed by atoms with Crippen LogP contribution in [0.2, 0.25) is 0 Å². The molecule has 0 unspecified atom stereocenters. The minimum absolute atomic E-state index is 0.389. The Morgan fingerprint density at radius 3 is 1.64 bits per heavy atom. The first-order valence-electron chi connectivity index (χ1n) is 11.8. The van der Waals surface area contributed by atoms with Gasteiger partial charge in [0.25, 0.3) is 0 Å². The normalized spacial score (nSPS) is 15.5. The van der Waals surface area contributed by atoms with Crippen molar-refractivity contribution in [3.63, 3.8) is 0 Å². The van der Waals surface area contributed by atoms with Crippen LogP contribution >= 0.6 is 0 Å². The van der Waals surface area contributed by atoms with Gasteiger partial charge in [-0.3, -0.25) is 0 Å². The molecule has 0 aromatic heterocycles. The predicted molar refractivity (Wildman–Crippen MR) is 142 cm³/mol. The van der Waals surface area contributed by atoms with Gasteiger partial charge in [0.2, 0.25) is 0 Å². The Hall–Kier alpha value is -3.52. The Balaban J connectivity index is 1.82. The number of benzene rings is 4. The number of aryl methyl sites for hydroxylation is 1. The third-order valence-corrected chi connectivity index (χ3v) is 6.48. The highest BCUT2D eigenvalue weighted by molar-refractivity contribution is 6.61. The smallest absolute Gasteiger partial charge is 0.0979 e. The third kappa shape index (κ3) is 3.80. The van der Waals surface area contributed by atoms with Crippen molar-refractivity contribution >= 4 is 33.6 Å². The van der Waals surface area contributed by atoms with E-state index in [0.717, 1.165) is 28.4 Å². The minimum atomic E-state index is 0.389. The Kier molecular flexibility index (Phi) is 5.46. The Morgan fingerprint density at radius 2 is 1.09 bits per heavy atom. The first kappa shape index (κ1) is 21.3. The average Bonchev–Trinajstić information content (AvgIpc) is 3.09. The van der Waals surface area contributed by atoms with Crippen LogP contribution in [0.15, 0.2) is 88.8 Å². The third-order valence-electron chi connectivity index (χ3n) is 6.48. The molecule has 0 saturated heterocycles. The summed E-state index contributed by atoms with van der Waals surface area (Å²) in [4.78, 5) is 10.6. The molecule has 4 aromatic rings. The van der Waals surface area contributed by atoms with E-state index in [1.54, 1.807) is 0 Å². The molecule has 164 valence electrons. The lowest BCUT2D eigenvalue weighted by molar-refractivity contribution is 0.835. The molecule has 0 spiro atoms. The molecule has 0 atom stereocenters. The highest BCUT2D eigenvalue weighted by Gasteiger charge is 2.28. The molecular weight excluding hydrogens is 400 g/mol. The molecule has 2 heteroatoms. The second-order valence-electron chi connectivity index (χ2n) is 9.56. The van der Waals surface area contributed by atoms with E-state index in [2.05, 4.69) is 113 Å². The molecule has 0 fully saturated rings. The fourth-order valence-electron chi connectivity index (χ4n) is 4.72. The van der Waals surface area contributed by atoms with Crippen molar-refractivity contribution in [2.45, 2.75) is 46.5 Å². The molecule has 0 N–H and O–H groups in total. The van der Waals surface area contributed by atoms with Crippen LogP contribution in [0.3, 0.4) is 0 Å². The van der Waals surface area contributed by atoms with E-state index in [1.165, 1.54) is 33.0 Å². The number of aliphatic imine (C=N–C) groups is 2. The lowest BCUT2D eigenvalue weighted by atomic mass is 9.92. The fourth-order valence-corrected chi connectivity index (χ4v) is 4.72. The summed E-state index contributed by atoms with van der Waals surface area (Å²) in [7, 11) is 0. The summed E-state index contributed by atoms with van der Waals surface area (Å²) >= 11 is 0. The summed E-state index contributed by atoms with van der Waals surface area (Å²) in [5, 5.41) is 2.48. The lowest BCUT2D eigenvalue weighted by Gasteiger charge is -2.17. The Bertz CT molecular complexity index is 1370. The van der Waals surface area contributed by atoms with Crippen LogP contribution in [-0.4, -0.2) is 11.4 Å². The van der Waals surface area contributed by atoms with Crippen molar-refractivity contribution in [1.82, 2.24) is 0 Å². The van der Waals surface area contributed by atoms with Gasteiger partial charge >= 0.3 is 0 Å². The van der Waals surface area contributed by atoms with Gasteiger partial charge in [-0.2, -0.15) is 0 Å². The van der Waals surface area contributed by atoms with E-state index in [0.29, 0.717) is 11.8 Å². The summed E-state index contributed by atoms with van der Waals surface area (Å²) in [6.07, 6.45) is 0. The molecule has 0 aliphatic heterocycles. The largest absolute Gasteiger partial charge is 0.246 e. The van der Waals surface area contributed by atoms with Crippen LogP contribution in [0.25, 0.3) is 10.8 Å². The zero-order chi connectivity index (χ0) is 23.1. The molecule has 1 aliphatic carbocycles. The fraction of sp³-hybridized carbons (Fsp3) is 0.226. The lowest BCUT2D eigenvalue weighted by Crippen LogP contribution is -2.11. The van der Waals surface area contributed by atoms with Crippen molar-refractivity contribution in [3.8, 4) is 0 Å². The maximum atomic E-state index is 5.42. The molecular formula is C31H30N2. The Morgan fingerprint density at radius 1 is 0.576 bits per heavy atom. The van der Waals surface area contributed by atoms with Gasteiger partial charge in [0.05, 0.1) is 22.8 Å². The zero-order valence-electron chi connectivity index (χ0n) is 20.1. The summed E-state index contributed by atoms with van der Waals surface area (Å²) in [5.74, 6) is 0.778. The number of hydrogen-bond acceptors (Lipinski definition) is 2. The van der Waals surface area contributed by atoms with E-state index in [4.69, 9.17) is 9.98 Å². The second kappa shape index (κ2) is 8.44. The van der Waals surface area contributed by atoms with Crippen LogP contribution < -0.4 is 0 Å². The molecule has 5 rings (SSSR count). The molecule has 4 aromatic carbocycles. The maximum Gasteiger partial charge on any atom is 0.0979 e. The molecule has 0 saturated carbocycles. The van der Waals surface area contributed by atoms with E-state index in [9.17, 15) is 0 Å². The second-order valence-corrected chi connectivity index (χ2v) is 9.56. The van der Waals surface area contributed by atoms with Crippen molar-refractivity contribution in [2.75, 3.05) is 0 Å². The van der Waals surface area contributed by atoms with Gasteiger partial charge in [0, 0.05) is 16.5 Å². The predicted octanol–water partition coefficient (Wildman–Crippen LogP) is 8.65. The van der Waals surface area contributed by atoms with Gasteiger partial charge in [0.15, 0.2) is 0 Å². The van der Waals surface area contributed by atoms with Crippen molar-refractivity contribution < 1.29 is 0 Å². The summed E-state index contributed by atoms with van der Waals surface area (Å²) in [6, 6.07) is 28.0. The molecule has 1 aliphatic rings. The van der Waals surface area contributed by atoms with Crippen molar-refractivity contribution in [3.05, 3.63) is 107 Å². The highest BCUT2D eigenvalue weighted by atomic mass is 14.8. The van der Waals surface area contributed by atoms with E-state index in [1.807, 2.05) is 0 Å². The van der Waals surface area contributed by atoms with Crippen LogP contribution in [-0.2, 0) is 0 Å². The van der Waals surface area contributed by atoms with Crippen LogP contribution in [0, 0.1) is 6.92 Å². The highest BCUT2D eigenvalue weighted by Crippen LogP contribution is 2.39. The van der Waals surface area contributed by atoms with Crippen LogP contribution in [0.4, 0.5) is 11.4 Å². The van der Waals surface area contributed by atoms with E-state index in [-0.39, 0.29) is 0 Å². The van der Waals surface area contributed by atoms with E-state index < -0.39 is 0 Å². The van der Waals surface area contributed by atoms with Gasteiger partial charge in [-0.25, -0.2) is 9.98 Å². The topological polar surface area (TPSA) is 24.7 Å². The number of para-hydroxylation sites is 1. The van der Waals surface area contributed by atoms with Gasteiger partial charge < -0.3 is 0 Å².